The van der Waals surface area contributed by atoms with E-state index in [1.165, 1.54) is 43.5 Å². The molecule has 26 heavy (non-hydrogen) atoms. The molecule has 1 aliphatic carbocycles. The smallest absolute Gasteiger partial charge is 0.269 e. The van der Waals surface area contributed by atoms with Crippen molar-refractivity contribution in [1.82, 2.24) is 10.6 Å². The molecule has 0 aliphatic heterocycles. The normalized spacial score (nSPS) is 16.8. The van der Waals surface area contributed by atoms with Crippen LogP contribution in [0.4, 0.5) is 5.69 Å². The van der Waals surface area contributed by atoms with Gasteiger partial charge >= 0.3 is 0 Å². The minimum Gasteiger partial charge on any atom is -0.491 e. The lowest BCUT2D eigenvalue weighted by molar-refractivity contribution is -0.384. The van der Waals surface area contributed by atoms with Crippen LogP contribution in [0.25, 0.3) is 0 Å². The van der Waals surface area contributed by atoms with Crippen LogP contribution in [0, 0.1) is 10.1 Å². The molecular formula is C18H28N4O4. The Bertz CT molecular complexity index is 585. The molecule has 0 amide bonds. The molecule has 0 aromatic heterocycles. The van der Waals surface area contributed by atoms with E-state index in [1.807, 2.05) is 6.92 Å². The molecule has 144 valence electrons. The van der Waals surface area contributed by atoms with Crippen LogP contribution in [0.3, 0.4) is 0 Å². The van der Waals surface area contributed by atoms with E-state index in [2.05, 4.69) is 15.6 Å². The van der Waals surface area contributed by atoms with E-state index < -0.39 is 11.0 Å². The van der Waals surface area contributed by atoms with Gasteiger partial charge in [0.2, 0.25) is 0 Å². The highest BCUT2D eigenvalue weighted by molar-refractivity contribution is 5.80. The van der Waals surface area contributed by atoms with Crippen molar-refractivity contribution in [1.29, 1.82) is 0 Å². The van der Waals surface area contributed by atoms with Crippen molar-refractivity contribution < 1.29 is 14.8 Å². The first-order valence-electron chi connectivity index (χ1n) is 9.18. The molecule has 0 spiro atoms. The molecule has 1 saturated carbocycles. The number of hydrogen-bond acceptors (Lipinski definition) is 5. The highest BCUT2D eigenvalue weighted by atomic mass is 16.6. The molecule has 1 aromatic rings. The summed E-state index contributed by atoms with van der Waals surface area (Å²) in [6.45, 7) is 3.05. The predicted octanol–water partition coefficient (Wildman–Crippen LogP) is 2.22. The average Bonchev–Trinajstić information content (AvgIpc) is 2.66. The number of guanidine groups is 1. The first-order valence-corrected chi connectivity index (χ1v) is 9.18. The number of ether oxygens (including phenoxy) is 1. The Morgan fingerprint density at radius 1 is 1.35 bits per heavy atom. The second-order valence-corrected chi connectivity index (χ2v) is 6.41. The summed E-state index contributed by atoms with van der Waals surface area (Å²) in [5, 5.41) is 27.3. The number of nitro benzene ring substituents is 1. The second-order valence-electron chi connectivity index (χ2n) is 6.41. The first-order chi connectivity index (χ1) is 12.6. The molecule has 0 heterocycles. The predicted molar refractivity (Wildman–Crippen MR) is 101 cm³/mol. The Morgan fingerprint density at radius 3 is 2.65 bits per heavy atom. The van der Waals surface area contributed by atoms with E-state index in [0.29, 0.717) is 17.8 Å². The van der Waals surface area contributed by atoms with Crippen LogP contribution in [0.2, 0.25) is 0 Å². The maximum absolute atomic E-state index is 10.6. The molecule has 8 heteroatoms. The van der Waals surface area contributed by atoms with E-state index in [1.54, 1.807) is 0 Å². The molecule has 1 aromatic carbocycles. The van der Waals surface area contributed by atoms with Crippen LogP contribution < -0.4 is 15.4 Å². The van der Waals surface area contributed by atoms with Crippen molar-refractivity contribution in [3.8, 4) is 5.75 Å². The zero-order valence-electron chi connectivity index (χ0n) is 15.2. The molecule has 2 rings (SSSR count). The fourth-order valence-electron chi connectivity index (χ4n) is 2.87. The lowest BCUT2D eigenvalue weighted by Gasteiger charge is -2.25. The van der Waals surface area contributed by atoms with E-state index in [0.717, 1.165) is 19.4 Å². The summed E-state index contributed by atoms with van der Waals surface area (Å²) < 4.78 is 5.46. The lowest BCUT2D eigenvalue weighted by Crippen LogP contribution is -2.44. The summed E-state index contributed by atoms with van der Waals surface area (Å²) in [5.41, 5.74) is 0.00608. The van der Waals surface area contributed by atoms with Gasteiger partial charge in [-0.2, -0.15) is 0 Å². The molecule has 0 saturated heterocycles. The SMILES string of the molecule is CCNC(=NCC(O)COc1ccc([N+](=O)[O-])cc1)NC1CCCCC1. The Kier molecular flexibility index (Phi) is 8.14. The lowest BCUT2D eigenvalue weighted by atomic mass is 9.96. The zero-order valence-corrected chi connectivity index (χ0v) is 15.2. The van der Waals surface area contributed by atoms with E-state index in [-0.39, 0.29) is 18.8 Å². The Labute approximate surface area is 153 Å². The van der Waals surface area contributed by atoms with Crippen LogP contribution >= 0.6 is 0 Å². The van der Waals surface area contributed by atoms with Gasteiger partial charge in [-0.1, -0.05) is 19.3 Å². The van der Waals surface area contributed by atoms with Gasteiger partial charge in [-0.05, 0) is 31.9 Å². The van der Waals surface area contributed by atoms with Gasteiger partial charge < -0.3 is 20.5 Å². The average molecular weight is 364 g/mol. The summed E-state index contributed by atoms with van der Waals surface area (Å²) in [6, 6.07) is 6.22. The van der Waals surface area contributed by atoms with Gasteiger partial charge in [0.15, 0.2) is 5.96 Å². The zero-order chi connectivity index (χ0) is 18.8. The van der Waals surface area contributed by atoms with Gasteiger partial charge in [0.1, 0.15) is 18.5 Å². The number of non-ortho nitro benzene ring substituents is 1. The maximum atomic E-state index is 10.6. The van der Waals surface area contributed by atoms with E-state index >= 15 is 0 Å². The number of rotatable bonds is 8. The number of aliphatic hydroxyl groups is 1. The number of benzene rings is 1. The first kappa shape index (κ1) is 20.0. The number of nitrogens with one attached hydrogen (secondary N) is 2. The summed E-state index contributed by atoms with van der Waals surface area (Å²) in [7, 11) is 0. The topological polar surface area (TPSA) is 109 Å². The van der Waals surface area contributed by atoms with Crippen molar-refractivity contribution in [2.24, 2.45) is 4.99 Å². The molecule has 8 nitrogen and oxygen atoms in total. The van der Waals surface area contributed by atoms with E-state index in [9.17, 15) is 15.2 Å². The Balaban J connectivity index is 1.79. The quantitative estimate of drug-likeness (QED) is 0.282. The summed E-state index contributed by atoms with van der Waals surface area (Å²) in [4.78, 5) is 14.6. The van der Waals surface area contributed by atoms with Crippen molar-refractivity contribution >= 4 is 11.6 Å². The van der Waals surface area contributed by atoms with Crippen LogP contribution in [0.1, 0.15) is 39.0 Å². The molecule has 1 fully saturated rings. The minimum absolute atomic E-state index is 0.00608. The minimum atomic E-state index is -0.757. The van der Waals surface area contributed by atoms with Crippen molar-refractivity contribution in [3.05, 3.63) is 34.4 Å². The Hall–Kier alpha value is -2.35. The maximum Gasteiger partial charge on any atom is 0.269 e. The summed E-state index contributed by atoms with van der Waals surface area (Å²) >= 11 is 0. The van der Waals surface area contributed by atoms with Crippen LogP contribution in [0.15, 0.2) is 29.3 Å². The monoisotopic (exact) mass is 364 g/mol. The highest BCUT2D eigenvalue weighted by Gasteiger charge is 2.15. The second kappa shape index (κ2) is 10.6. The molecule has 1 atom stereocenters. The number of nitrogens with zero attached hydrogens (tertiary/aromatic N) is 2. The molecule has 1 unspecified atom stereocenters. The van der Waals surface area contributed by atoms with Gasteiger partial charge in [-0.25, -0.2) is 0 Å². The molecule has 1 aliphatic rings. The standard InChI is InChI=1S/C18H28N4O4/c1-2-19-18(21-14-6-4-3-5-7-14)20-12-16(23)13-26-17-10-8-15(9-11-17)22(24)25/h8-11,14,16,23H,2-7,12-13H2,1H3,(H2,19,20,21). The summed E-state index contributed by atoms with van der Waals surface area (Å²) in [5.74, 6) is 1.19. The molecule has 0 radical (unpaired) electrons. The largest absolute Gasteiger partial charge is 0.491 e. The van der Waals surface area contributed by atoms with Crippen molar-refractivity contribution in [3.63, 3.8) is 0 Å². The summed E-state index contributed by atoms with van der Waals surface area (Å²) in [6.07, 6.45) is 5.31. The van der Waals surface area contributed by atoms with Gasteiger partial charge in [-0.3, -0.25) is 15.1 Å². The van der Waals surface area contributed by atoms with Crippen LogP contribution in [-0.4, -0.2) is 47.8 Å². The molecule has 3 N–H and O–H groups in total. The highest BCUT2D eigenvalue weighted by Crippen LogP contribution is 2.18. The number of aliphatic hydroxyl groups excluding tert-OH is 1. The number of aliphatic imine (C=N–C) groups is 1. The fourth-order valence-corrected chi connectivity index (χ4v) is 2.87. The van der Waals surface area contributed by atoms with Gasteiger partial charge in [0, 0.05) is 24.7 Å². The molecular weight excluding hydrogens is 336 g/mol. The van der Waals surface area contributed by atoms with Crippen LogP contribution in [0.5, 0.6) is 5.75 Å². The van der Waals surface area contributed by atoms with Crippen molar-refractivity contribution in [2.45, 2.75) is 51.2 Å². The van der Waals surface area contributed by atoms with Crippen molar-refractivity contribution in [2.75, 3.05) is 19.7 Å². The van der Waals surface area contributed by atoms with Gasteiger partial charge in [-0.15, -0.1) is 0 Å². The third kappa shape index (κ3) is 6.87. The van der Waals surface area contributed by atoms with Gasteiger partial charge in [0.05, 0.1) is 11.5 Å². The number of hydrogen-bond donors (Lipinski definition) is 3. The van der Waals surface area contributed by atoms with Crippen LogP contribution in [-0.2, 0) is 0 Å². The van der Waals surface area contributed by atoms with Gasteiger partial charge in [0.25, 0.3) is 5.69 Å². The fraction of sp³-hybridized carbons (Fsp3) is 0.611. The third-order valence-electron chi connectivity index (χ3n) is 4.24. The molecule has 0 bridgehead atoms. The Morgan fingerprint density at radius 2 is 2.04 bits per heavy atom. The number of nitro groups is 1. The third-order valence-corrected chi connectivity index (χ3v) is 4.24. The van der Waals surface area contributed by atoms with E-state index in [4.69, 9.17) is 4.74 Å².